The number of likely N-dealkylation sites (N-methyl/N-ethyl adjacent to an activating group) is 1. The molecule has 0 radical (unpaired) electrons. The number of hydrogen-bond donors (Lipinski definition) is 1. The van der Waals surface area contributed by atoms with Gasteiger partial charge in [-0.2, -0.15) is 13.2 Å². The van der Waals surface area contributed by atoms with E-state index in [2.05, 4.69) is 32.9 Å². The minimum Gasteiger partial charge on any atom is -0.340 e. The van der Waals surface area contributed by atoms with Gasteiger partial charge < -0.3 is 10.2 Å². The highest BCUT2D eigenvalue weighted by Gasteiger charge is 2.34. The first kappa shape index (κ1) is 20.2. The van der Waals surface area contributed by atoms with Crippen LogP contribution in [0.3, 0.4) is 0 Å². The summed E-state index contributed by atoms with van der Waals surface area (Å²) in [5, 5.41) is 2.91. The third-order valence-corrected chi connectivity index (χ3v) is 4.92. The van der Waals surface area contributed by atoms with E-state index in [1.165, 1.54) is 6.20 Å². The van der Waals surface area contributed by atoms with E-state index < -0.39 is 11.7 Å². The van der Waals surface area contributed by atoms with Crippen LogP contribution in [0.15, 0.2) is 36.5 Å². The summed E-state index contributed by atoms with van der Waals surface area (Å²) in [6.45, 7) is 6.66. The summed E-state index contributed by atoms with van der Waals surface area (Å²) in [4.78, 5) is 8.47. The van der Waals surface area contributed by atoms with E-state index >= 15 is 0 Å². The minimum atomic E-state index is -4.42. The second-order valence-corrected chi connectivity index (χ2v) is 6.78. The Hall–Kier alpha value is -2.56. The van der Waals surface area contributed by atoms with Crippen LogP contribution in [0.4, 0.5) is 24.7 Å². The number of pyridine rings is 1. The average Bonchev–Trinajstić information content (AvgIpc) is 2.69. The molecule has 1 saturated heterocycles. The summed E-state index contributed by atoms with van der Waals surface area (Å²) in [6, 6.07) is 7.61. The normalized spacial score (nSPS) is 16.0. The molecule has 0 spiro atoms. The maximum Gasteiger partial charge on any atom is 0.416 e. The maximum atomic E-state index is 13.7. The van der Waals surface area contributed by atoms with Gasteiger partial charge in [-0.1, -0.05) is 18.9 Å². The van der Waals surface area contributed by atoms with Gasteiger partial charge in [0.25, 0.3) is 0 Å². The van der Waals surface area contributed by atoms with Crippen LogP contribution >= 0.6 is 0 Å². The summed E-state index contributed by atoms with van der Waals surface area (Å²) in [5.41, 5.74) is 0.599. The van der Waals surface area contributed by atoms with E-state index in [4.69, 9.17) is 6.42 Å². The SMILES string of the molecule is C#Cc1ccnc(Nc2ccc(CN3CCN(CC)CC3)c(C(F)(F)F)c2)c1. The van der Waals surface area contributed by atoms with Crippen molar-refractivity contribution in [3.8, 4) is 12.3 Å². The van der Waals surface area contributed by atoms with Gasteiger partial charge in [-0.05, 0) is 36.4 Å². The zero-order chi connectivity index (χ0) is 20.1. The Balaban J connectivity index is 1.79. The molecule has 1 aromatic heterocycles. The van der Waals surface area contributed by atoms with Gasteiger partial charge in [0.05, 0.1) is 5.56 Å². The molecule has 0 unspecified atom stereocenters. The van der Waals surface area contributed by atoms with Gasteiger partial charge in [-0.3, -0.25) is 4.90 Å². The van der Waals surface area contributed by atoms with Crippen molar-refractivity contribution in [1.29, 1.82) is 0 Å². The lowest BCUT2D eigenvalue weighted by molar-refractivity contribution is -0.138. The van der Waals surface area contributed by atoms with Crippen molar-refractivity contribution in [2.75, 3.05) is 38.0 Å². The van der Waals surface area contributed by atoms with Crippen molar-refractivity contribution in [2.24, 2.45) is 0 Å². The number of benzene rings is 1. The van der Waals surface area contributed by atoms with E-state index in [1.54, 1.807) is 24.3 Å². The molecule has 7 heteroatoms. The molecular formula is C21H23F3N4. The van der Waals surface area contributed by atoms with E-state index in [9.17, 15) is 13.2 Å². The highest BCUT2D eigenvalue weighted by Crippen LogP contribution is 2.35. The molecule has 1 aliphatic rings. The lowest BCUT2D eigenvalue weighted by atomic mass is 10.0. The molecule has 0 bridgehead atoms. The van der Waals surface area contributed by atoms with Crippen LogP contribution in [-0.4, -0.2) is 47.5 Å². The first-order valence-corrected chi connectivity index (χ1v) is 9.23. The molecule has 0 atom stereocenters. The third-order valence-electron chi connectivity index (χ3n) is 4.92. The van der Waals surface area contributed by atoms with Crippen molar-refractivity contribution in [3.63, 3.8) is 0 Å². The van der Waals surface area contributed by atoms with Crippen LogP contribution in [0.1, 0.15) is 23.6 Å². The predicted octanol–water partition coefficient (Wildman–Crippen LogP) is 3.96. The third kappa shape index (κ3) is 5.03. The van der Waals surface area contributed by atoms with Crippen molar-refractivity contribution in [1.82, 2.24) is 14.8 Å². The molecule has 1 aliphatic heterocycles. The fraction of sp³-hybridized carbons (Fsp3) is 0.381. The molecule has 0 saturated carbocycles. The maximum absolute atomic E-state index is 13.7. The highest BCUT2D eigenvalue weighted by molar-refractivity contribution is 5.60. The van der Waals surface area contributed by atoms with Gasteiger partial charge in [0.2, 0.25) is 0 Å². The van der Waals surface area contributed by atoms with Gasteiger partial charge >= 0.3 is 6.18 Å². The van der Waals surface area contributed by atoms with Gasteiger partial charge in [0, 0.05) is 50.2 Å². The summed E-state index contributed by atoms with van der Waals surface area (Å²) < 4.78 is 41.0. The molecule has 2 heterocycles. The Morgan fingerprint density at radius 1 is 1.11 bits per heavy atom. The van der Waals surface area contributed by atoms with E-state index in [-0.39, 0.29) is 12.1 Å². The molecule has 2 aromatic rings. The number of anilines is 2. The van der Waals surface area contributed by atoms with Crippen LogP contribution in [0.5, 0.6) is 0 Å². The standard InChI is InChI=1S/C21H23F3N4/c1-3-16-7-8-25-20(13-16)26-18-6-5-17(19(14-18)21(22,23)24)15-28-11-9-27(4-2)10-12-28/h1,5-8,13-14H,4,9-12,15H2,2H3,(H,25,26). The van der Waals surface area contributed by atoms with Gasteiger partial charge in [-0.15, -0.1) is 6.42 Å². The van der Waals surface area contributed by atoms with E-state index in [0.717, 1.165) is 38.8 Å². The molecule has 1 N–H and O–H groups in total. The topological polar surface area (TPSA) is 31.4 Å². The Labute approximate surface area is 163 Å². The zero-order valence-corrected chi connectivity index (χ0v) is 15.8. The van der Waals surface area contributed by atoms with Crippen LogP contribution in [0, 0.1) is 12.3 Å². The predicted molar refractivity (Wildman–Crippen MR) is 104 cm³/mol. The average molecular weight is 388 g/mol. The molecule has 148 valence electrons. The molecule has 0 amide bonds. The van der Waals surface area contributed by atoms with Crippen molar-refractivity contribution < 1.29 is 13.2 Å². The molecule has 1 aromatic carbocycles. The fourth-order valence-electron chi connectivity index (χ4n) is 3.30. The number of piperazine rings is 1. The number of nitrogens with zero attached hydrogens (tertiary/aromatic N) is 3. The first-order chi connectivity index (χ1) is 13.4. The molecule has 1 fully saturated rings. The lowest BCUT2D eigenvalue weighted by Gasteiger charge is -2.34. The van der Waals surface area contributed by atoms with Crippen molar-refractivity contribution in [2.45, 2.75) is 19.6 Å². The molecule has 28 heavy (non-hydrogen) atoms. The molecular weight excluding hydrogens is 365 g/mol. The summed E-state index contributed by atoms with van der Waals surface area (Å²) >= 11 is 0. The van der Waals surface area contributed by atoms with Crippen LogP contribution in [0.2, 0.25) is 0 Å². The van der Waals surface area contributed by atoms with Gasteiger partial charge in [-0.25, -0.2) is 4.98 Å². The Kier molecular flexibility index (Phi) is 6.22. The monoisotopic (exact) mass is 388 g/mol. The fourth-order valence-corrected chi connectivity index (χ4v) is 3.30. The molecule has 4 nitrogen and oxygen atoms in total. The van der Waals surface area contributed by atoms with Crippen LogP contribution < -0.4 is 5.32 Å². The lowest BCUT2D eigenvalue weighted by Crippen LogP contribution is -2.45. The largest absolute Gasteiger partial charge is 0.416 e. The Morgan fingerprint density at radius 3 is 2.46 bits per heavy atom. The number of aromatic nitrogens is 1. The van der Waals surface area contributed by atoms with E-state index in [1.807, 2.05) is 0 Å². The van der Waals surface area contributed by atoms with Crippen molar-refractivity contribution >= 4 is 11.5 Å². The first-order valence-electron chi connectivity index (χ1n) is 9.23. The van der Waals surface area contributed by atoms with Crippen LogP contribution in [0.25, 0.3) is 0 Å². The van der Waals surface area contributed by atoms with E-state index in [0.29, 0.717) is 17.1 Å². The summed E-state index contributed by atoms with van der Waals surface area (Å²) in [6.07, 6.45) is 2.45. The van der Waals surface area contributed by atoms with Crippen LogP contribution in [-0.2, 0) is 12.7 Å². The molecule has 0 aliphatic carbocycles. The smallest absolute Gasteiger partial charge is 0.340 e. The number of terminal acetylenes is 1. The zero-order valence-electron chi connectivity index (χ0n) is 15.8. The summed E-state index contributed by atoms with van der Waals surface area (Å²) in [5.74, 6) is 2.89. The summed E-state index contributed by atoms with van der Waals surface area (Å²) in [7, 11) is 0. The second kappa shape index (κ2) is 8.63. The minimum absolute atomic E-state index is 0.285. The second-order valence-electron chi connectivity index (χ2n) is 6.78. The number of rotatable bonds is 5. The van der Waals surface area contributed by atoms with Gasteiger partial charge in [0.1, 0.15) is 5.82 Å². The van der Waals surface area contributed by atoms with Gasteiger partial charge in [0.15, 0.2) is 0 Å². The highest BCUT2D eigenvalue weighted by atomic mass is 19.4. The Bertz CT molecular complexity index is 849. The molecule has 3 rings (SSSR count). The number of nitrogens with one attached hydrogen (secondary N) is 1. The number of alkyl halides is 3. The number of halogens is 3. The Morgan fingerprint density at radius 2 is 1.82 bits per heavy atom. The number of hydrogen-bond acceptors (Lipinski definition) is 4. The van der Waals surface area contributed by atoms with Crippen molar-refractivity contribution in [3.05, 3.63) is 53.2 Å². The quantitative estimate of drug-likeness (QED) is 0.786.